The normalized spacial score (nSPS) is 15.2. The maximum atomic E-state index is 11.6. The van der Waals surface area contributed by atoms with E-state index in [9.17, 15) is 4.79 Å². The Kier molecular flexibility index (Phi) is 7.15. The Balaban J connectivity index is 1.86. The predicted octanol–water partition coefficient (Wildman–Crippen LogP) is 2.20. The Morgan fingerprint density at radius 2 is 2.29 bits per heavy atom. The molecule has 0 spiro atoms. The molecule has 0 bridgehead atoms. The third-order valence-corrected chi connectivity index (χ3v) is 4.62. The van der Waals surface area contributed by atoms with Gasteiger partial charge < -0.3 is 19.7 Å². The molecule has 0 aromatic carbocycles. The molecule has 1 N–H and O–H groups in total. The molecule has 2 rings (SSSR count). The number of guanidine groups is 1. The van der Waals surface area contributed by atoms with E-state index in [1.54, 1.807) is 0 Å². The Hall–Kier alpha value is -1.50. The van der Waals surface area contributed by atoms with Crippen molar-refractivity contribution in [1.29, 1.82) is 0 Å². The molecule has 1 aromatic rings. The van der Waals surface area contributed by atoms with Crippen LogP contribution in [0.5, 0.6) is 0 Å². The van der Waals surface area contributed by atoms with Crippen LogP contribution < -0.4 is 5.32 Å². The number of likely N-dealkylation sites (tertiary alicyclic amines) is 1. The molecule has 7 heteroatoms. The molecule has 1 fully saturated rings. The predicted molar refractivity (Wildman–Crippen MR) is 101 cm³/mol. The number of amides is 1. The summed E-state index contributed by atoms with van der Waals surface area (Å²) in [5.74, 6) is 1.19. The second-order valence-electron chi connectivity index (χ2n) is 6.19. The van der Waals surface area contributed by atoms with E-state index >= 15 is 0 Å². The number of carbonyl (C=O) groups excluding carboxylic acids is 1. The van der Waals surface area contributed by atoms with E-state index in [-0.39, 0.29) is 5.91 Å². The summed E-state index contributed by atoms with van der Waals surface area (Å²) in [5.41, 5.74) is 1.22. The van der Waals surface area contributed by atoms with Crippen molar-refractivity contribution in [2.75, 3.05) is 33.2 Å². The minimum atomic E-state index is 0.289. The van der Waals surface area contributed by atoms with Crippen LogP contribution in [0.4, 0.5) is 0 Å². The van der Waals surface area contributed by atoms with Crippen LogP contribution in [0.25, 0.3) is 0 Å². The summed E-state index contributed by atoms with van der Waals surface area (Å²) in [6.45, 7) is 6.16. The molecule has 1 aliphatic heterocycles. The quantitative estimate of drug-likeness (QED) is 0.435. The second kappa shape index (κ2) is 9.11. The highest BCUT2D eigenvalue weighted by molar-refractivity contribution is 9.10. The lowest BCUT2D eigenvalue weighted by Gasteiger charge is -2.22. The maximum Gasteiger partial charge on any atom is 0.222 e. The monoisotopic (exact) mass is 397 g/mol. The fourth-order valence-corrected chi connectivity index (χ4v) is 3.47. The number of halogens is 1. The van der Waals surface area contributed by atoms with Crippen molar-refractivity contribution in [3.8, 4) is 0 Å². The summed E-state index contributed by atoms with van der Waals surface area (Å²) in [5, 5.41) is 3.34. The average Bonchev–Trinajstić information content (AvgIpc) is 3.07. The first-order valence-electron chi connectivity index (χ1n) is 8.59. The number of aromatic nitrogens is 1. The fourth-order valence-electron chi connectivity index (χ4n) is 2.90. The topological polar surface area (TPSA) is 52.9 Å². The van der Waals surface area contributed by atoms with E-state index in [1.165, 1.54) is 5.69 Å². The Morgan fingerprint density at radius 1 is 1.50 bits per heavy atom. The highest BCUT2D eigenvalue weighted by Gasteiger charge is 2.19. The van der Waals surface area contributed by atoms with E-state index in [4.69, 9.17) is 4.99 Å². The van der Waals surface area contributed by atoms with Gasteiger partial charge >= 0.3 is 0 Å². The van der Waals surface area contributed by atoms with Gasteiger partial charge in [0.25, 0.3) is 0 Å². The summed E-state index contributed by atoms with van der Waals surface area (Å²) in [7, 11) is 4.09. The number of nitrogens with zero attached hydrogens (tertiary/aromatic N) is 4. The minimum Gasteiger partial charge on any atom is -0.357 e. The van der Waals surface area contributed by atoms with E-state index < -0.39 is 0 Å². The standard InChI is InChI=1S/C17H28BrN5O/c1-4-19-17(20-8-6-10-23-9-5-7-16(23)24)22(3)13-15-11-14(18)12-21(15)2/h11-12H,4-10,13H2,1-3H3,(H,19,20). The van der Waals surface area contributed by atoms with Gasteiger partial charge in [-0.3, -0.25) is 9.79 Å². The van der Waals surface area contributed by atoms with Gasteiger partial charge in [0.1, 0.15) is 0 Å². The third kappa shape index (κ3) is 5.26. The zero-order valence-corrected chi connectivity index (χ0v) is 16.5. The summed E-state index contributed by atoms with van der Waals surface area (Å²) in [4.78, 5) is 20.4. The summed E-state index contributed by atoms with van der Waals surface area (Å²) < 4.78 is 3.20. The fraction of sp³-hybridized carbons (Fsp3) is 0.647. The van der Waals surface area contributed by atoms with Gasteiger partial charge in [0.2, 0.25) is 5.91 Å². The van der Waals surface area contributed by atoms with Crippen molar-refractivity contribution in [2.45, 2.75) is 32.7 Å². The lowest BCUT2D eigenvalue weighted by Crippen LogP contribution is -2.39. The third-order valence-electron chi connectivity index (χ3n) is 4.19. The lowest BCUT2D eigenvalue weighted by atomic mass is 10.4. The number of rotatable bonds is 7. The maximum absolute atomic E-state index is 11.6. The van der Waals surface area contributed by atoms with Crippen LogP contribution >= 0.6 is 15.9 Å². The Morgan fingerprint density at radius 3 is 2.88 bits per heavy atom. The van der Waals surface area contributed by atoms with Gasteiger partial charge in [-0.25, -0.2) is 0 Å². The molecule has 0 aliphatic carbocycles. The van der Waals surface area contributed by atoms with Crippen LogP contribution in [-0.2, 0) is 18.4 Å². The van der Waals surface area contributed by atoms with Crippen LogP contribution in [0, 0.1) is 0 Å². The SMILES string of the molecule is CCNC(=NCCCN1CCCC1=O)N(C)Cc1cc(Br)cn1C. The van der Waals surface area contributed by atoms with Gasteiger partial charge in [0.15, 0.2) is 5.96 Å². The van der Waals surface area contributed by atoms with E-state index in [2.05, 4.69) is 49.9 Å². The van der Waals surface area contributed by atoms with Crippen molar-refractivity contribution in [3.05, 3.63) is 22.4 Å². The van der Waals surface area contributed by atoms with Crippen LogP contribution in [0.15, 0.2) is 21.7 Å². The first-order chi connectivity index (χ1) is 11.5. The van der Waals surface area contributed by atoms with E-state index in [0.717, 1.165) is 56.0 Å². The van der Waals surface area contributed by atoms with E-state index in [0.29, 0.717) is 6.42 Å². The van der Waals surface area contributed by atoms with Crippen LogP contribution in [0.2, 0.25) is 0 Å². The second-order valence-corrected chi connectivity index (χ2v) is 7.11. The summed E-state index contributed by atoms with van der Waals surface area (Å²) in [6.07, 6.45) is 4.67. The van der Waals surface area contributed by atoms with Crippen molar-refractivity contribution in [2.24, 2.45) is 12.0 Å². The number of hydrogen-bond donors (Lipinski definition) is 1. The average molecular weight is 398 g/mol. The number of hydrogen-bond acceptors (Lipinski definition) is 2. The molecule has 0 radical (unpaired) electrons. The largest absolute Gasteiger partial charge is 0.357 e. The molecule has 1 aromatic heterocycles. The zero-order valence-electron chi connectivity index (χ0n) is 14.9. The lowest BCUT2D eigenvalue weighted by molar-refractivity contribution is -0.127. The minimum absolute atomic E-state index is 0.289. The molecule has 0 atom stereocenters. The van der Waals surface area contributed by atoms with Gasteiger partial charge in [-0.05, 0) is 41.8 Å². The van der Waals surface area contributed by atoms with Gasteiger partial charge in [-0.2, -0.15) is 0 Å². The molecule has 134 valence electrons. The molecule has 6 nitrogen and oxygen atoms in total. The Labute approximate surface area is 153 Å². The molecular formula is C17H28BrN5O. The number of carbonyl (C=O) groups is 1. The first-order valence-corrected chi connectivity index (χ1v) is 9.38. The van der Waals surface area contributed by atoms with E-state index in [1.807, 2.05) is 19.0 Å². The molecule has 0 unspecified atom stereocenters. The van der Waals surface area contributed by atoms with Crippen molar-refractivity contribution in [1.82, 2.24) is 19.7 Å². The number of aliphatic imine (C=N–C) groups is 1. The van der Waals surface area contributed by atoms with Gasteiger partial charge in [0.05, 0.1) is 6.54 Å². The van der Waals surface area contributed by atoms with Gasteiger partial charge in [-0.1, -0.05) is 0 Å². The summed E-state index contributed by atoms with van der Waals surface area (Å²) in [6, 6.07) is 2.12. The molecule has 1 saturated heterocycles. The van der Waals surface area contributed by atoms with Crippen LogP contribution in [0.3, 0.4) is 0 Å². The molecule has 0 saturated carbocycles. The number of aryl methyl sites for hydroxylation is 1. The van der Waals surface area contributed by atoms with Crippen molar-refractivity contribution >= 4 is 27.8 Å². The smallest absolute Gasteiger partial charge is 0.222 e. The highest BCUT2D eigenvalue weighted by Crippen LogP contribution is 2.15. The van der Waals surface area contributed by atoms with Gasteiger partial charge in [-0.15, -0.1) is 0 Å². The molecule has 1 aliphatic rings. The highest BCUT2D eigenvalue weighted by atomic mass is 79.9. The van der Waals surface area contributed by atoms with Gasteiger partial charge in [0, 0.05) is 63.1 Å². The zero-order chi connectivity index (χ0) is 17.5. The Bertz CT molecular complexity index is 584. The van der Waals surface area contributed by atoms with Crippen molar-refractivity contribution in [3.63, 3.8) is 0 Å². The molecule has 24 heavy (non-hydrogen) atoms. The molecular weight excluding hydrogens is 370 g/mol. The molecule has 1 amide bonds. The van der Waals surface area contributed by atoms with Crippen LogP contribution in [0.1, 0.15) is 31.9 Å². The van der Waals surface area contributed by atoms with Crippen molar-refractivity contribution < 1.29 is 4.79 Å². The first kappa shape index (κ1) is 18.8. The van der Waals surface area contributed by atoms with Crippen LogP contribution in [-0.4, -0.2) is 59.5 Å². The molecule has 2 heterocycles. The number of nitrogens with one attached hydrogen (secondary N) is 1. The summed E-state index contributed by atoms with van der Waals surface area (Å²) >= 11 is 3.51.